The lowest BCUT2D eigenvalue weighted by molar-refractivity contribution is -0.236. The lowest BCUT2D eigenvalue weighted by atomic mass is 9.94. The first-order chi connectivity index (χ1) is 11.9. The second kappa shape index (κ2) is 11.2. The molecule has 8 heteroatoms. The van der Waals surface area contributed by atoms with Gasteiger partial charge in [-0.15, -0.1) is 0 Å². The van der Waals surface area contributed by atoms with Gasteiger partial charge in [0.1, 0.15) is 30.6 Å². The summed E-state index contributed by atoms with van der Waals surface area (Å²) in [6.07, 6.45) is -2.60. The summed E-state index contributed by atoms with van der Waals surface area (Å²) in [5, 5.41) is 44.6. The Hall–Kier alpha value is -0.610. The van der Waals surface area contributed by atoms with Gasteiger partial charge >= 0.3 is 0 Å². The van der Waals surface area contributed by atoms with Crippen LogP contribution in [0.3, 0.4) is 0 Å². The van der Waals surface area contributed by atoms with Gasteiger partial charge in [-0.25, -0.2) is 0 Å². The first-order valence-electron chi connectivity index (χ1n) is 9.12. The molecule has 1 aliphatic rings. The molecule has 0 saturated carbocycles. The highest BCUT2D eigenvalue weighted by Crippen LogP contribution is 2.19. The number of rotatable bonds is 11. The number of ether oxygens (including phenoxy) is 1. The Labute approximate surface area is 149 Å². The Morgan fingerprint density at radius 2 is 1.84 bits per heavy atom. The number of carbonyl (C=O) groups is 1. The molecule has 0 bridgehead atoms. The number of Topliss-reactive ketones (excluding diaryl/α,β-unsaturated/α-hetero) is 1. The van der Waals surface area contributed by atoms with Crippen LogP contribution < -0.4 is 10.6 Å². The number of aliphatic hydroxyl groups excluding tert-OH is 4. The van der Waals surface area contributed by atoms with Crippen LogP contribution in [0.25, 0.3) is 0 Å². The van der Waals surface area contributed by atoms with Gasteiger partial charge in [0, 0.05) is 5.92 Å². The highest BCUT2D eigenvalue weighted by molar-refractivity contribution is 5.85. The summed E-state index contributed by atoms with van der Waals surface area (Å²) in [6, 6.07) is -0.151. The molecule has 7 unspecified atom stereocenters. The Balaban J connectivity index is 2.33. The van der Waals surface area contributed by atoms with E-state index in [1.54, 1.807) is 7.05 Å². The molecule has 0 aromatic carbocycles. The van der Waals surface area contributed by atoms with E-state index in [2.05, 4.69) is 10.6 Å². The molecule has 1 heterocycles. The molecule has 8 nitrogen and oxygen atoms in total. The third-order valence-corrected chi connectivity index (χ3v) is 4.95. The minimum absolute atomic E-state index is 0.0460. The lowest BCUT2D eigenvalue weighted by Crippen LogP contribution is -2.62. The molecule has 1 rings (SSSR count). The molecule has 0 amide bonds. The van der Waals surface area contributed by atoms with Crippen molar-refractivity contribution in [2.24, 2.45) is 5.92 Å². The number of ketones is 1. The Kier molecular flexibility index (Phi) is 10.0. The fourth-order valence-electron chi connectivity index (χ4n) is 2.96. The minimum atomic E-state index is -1.37. The van der Waals surface area contributed by atoms with Gasteiger partial charge < -0.3 is 30.5 Å². The van der Waals surface area contributed by atoms with Crippen molar-refractivity contribution in [1.29, 1.82) is 0 Å². The van der Waals surface area contributed by atoms with E-state index in [1.165, 1.54) is 0 Å². The van der Waals surface area contributed by atoms with Gasteiger partial charge in [-0.1, -0.05) is 20.3 Å². The van der Waals surface area contributed by atoms with E-state index in [0.29, 0.717) is 6.54 Å². The summed E-state index contributed by atoms with van der Waals surface area (Å²) < 4.78 is 5.38. The quantitative estimate of drug-likeness (QED) is 0.251. The number of carbonyl (C=O) groups excluding carboxylic acids is 1. The van der Waals surface area contributed by atoms with Crippen molar-refractivity contribution in [3.8, 4) is 0 Å². The van der Waals surface area contributed by atoms with Crippen molar-refractivity contribution in [2.75, 3.05) is 20.2 Å². The molecule has 1 fully saturated rings. The minimum Gasteiger partial charge on any atom is -0.394 e. The van der Waals surface area contributed by atoms with Crippen molar-refractivity contribution >= 4 is 5.78 Å². The zero-order chi connectivity index (χ0) is 19.0. The highest BCUT2D eigenvalue weighted by atomic mass is 16.6. The number of aliphatic hydroxyl groups is 4. The third kappa shape index (κ3) is 6.25. The second-order valence-corrected chi connectivity index (χ2v) is 6.75. The second-order valence-electron chi connectivity index (χ2n) is 6.75. The predicted octanol–water partition coefficient (Wildman–Crippen LogP) is -1.25. The summed E-state index contributed by atoms with van der Waals surface area (Å²) in [4.78, 5) is 12.2. The summed E-state index contributed by atoms with van der Waals surface area (Å²) in [7, 11) is 1.79. The van der Waals surface area contributed by atoms with Crippen molar-refractivity contribution < 1.29 is 30.0 Å². The maximum Gasteiger partial charge on any atom is 0.152 e. The topological polar surface area (TPSA) is 131 Å². The standard InChI is InChI=1S/C17H34N2O6/c1-4-10(2)13(21)11(18-3)7-5-6-8-19-17-16(24)15(23)14(22)12(9-20)25-17/h10-12,14-20,22-24H,4-9H2,1-3H3. The summed E-state index contributed by atoms with van der Waals surface area (Å²) in [5.41, 5.74) is 0. The Morgan fingerprint density at radius 3 is 2.40 bits per heavy atom. The van der Waals surface area contributed by atoms with Crippen molar-refractivity contribution in [1.82, 2.24) is 10.6 Å². The normalized spacial score (nSPS) is 32.4. The predicted molar refractivity (Wildman–Crippen MR) is 92.9 cm³/mol. The van der Waals surface area contributed by atoms with Gasteiger partial charge in [0.25, 0.3) is 0 Å². The van der Waals surface area contributed by atoms with E-state index in [-0.39, 0.29) is 17.7 Å². The maximum atomic E-state index is 12.2. The summed E-state index contributed by atoms with van der Waals surface area (Å²) >= 11 is 0. The van der Waals surface area contributed by atoms with E-state index >= 15 is 0 Å². The number of hydrogen-bond donors (Lipinski definition) is 6. The van der Waals surface area contributed by atoms with E-state index in [9.17, 15) is 20.1 Å². The van der Waals surface area contributed by atoms with E-state index < -0.39 is 37.3 Å². The number of nitrogens with one attached hydrogen (secondary N) is 2. The molecular weight excluding hydrogens is 328 g/mol. The lowest BCUT2D eigenvalue weighted by Gasteiger charge is -2.40. The number of unbranched alkanes of at least 4 members (excludes halogenated alkanes) is 1. The van der Waals surface area contributed by atoms with Gasteiger partial charge in [-0.2, -0.15) is 0 Å². The molecule has 25 heavy (non-hydrogen) atoms. The van der Waals surface area contributed by atoms with Crippen LogP contribution in [0.1, 0.15) is 39.5 Å². The van der Waals surface area contributed by atoms with Crippen LogP contribution >= 0.6 is 0 Å². The maximum absolute atomic E-state index is 12.2. The molecule has 0 spiro atoms. The number of likely N-dealkylation sites (N-methyl/N-ethyl adjacent to an activating group) is 1. The van der Waals surface area contributed by atoms with Crippen LogP contribution in [0.4, 0.5) is 0 Å². The molecule has 0 aromatic heterocycles. The average molecular weight is 362 g/mol. The smallest absolute Gasteiger partial charge is 0.152 e. The van der Waals surface area contributed by atoms with Gasteiger partial charge in [-0.05, 0) is 32.9 Å². The van der Waals surface area contributed by atoms with Crippen LogP contribution in [-0.2, 0) is 9.53 Å². The summed E-state index contributed by atoms with van der Waals surface area (Å²) in [6.45, 7) is 4.02. The molecular formula is C17H34N2O6. The number of hydrogen-bond acceptors (Lipinski definition) is 8. The molecule has 0 radical (unpaired) electrons. The SMILES string of the molecule is CCC(C)C(=O)C(CCCCNC1OC(CO)C(O)C(O)C1O)NC. The molecule has 1 saturated heterocycles. The van der Waals surface area contributed by atoms with Crippen LogP contribution in [0.5, 0.6) is 0 Å². The first kappa shape index (κ1) is 22.4. The zero-order valence-corrected chi connectivity index (χ0v) is 15.4. The molecule has 6 N–H and O–H groups in total. The van der Waals surface area contributed by atoms with Gasteiger partial charge in [0.2, 0.25) is 0 Å². The Bertz CT molecular complexity index is 395. The van der Waals surface area contributed by atoms with Gasteiger partial charge in [0.15, 0.2) is 5.78 Å². The van der Waals surface area contributed by atoms with E-state index in [4.69, 9.17) is 9.84 Å². The van der Waals surface area contributed by atoms with Gasteiger partial charge in [0.05, 0.1) is 12.6 Å². The van der Waals surface area contributed by atoms with Crippen LogP contribution in [0.2, 0.25) is 0 Å². The van der Waals surface area contributed by atoms with Gasteiger partial charge in [-0.3, -0.25) is 10.1 Å². The monoisotopic (exact) mass is 362 g/mol. The summed E-state index contributed by atoms with van der Waals surface area (Å²) in [5.74, 6) is 0.275. The van der Waals surface area contributed by atoms with Crippen molar-refractivity contribution in [2.45, 2.75) is 76.2 Å². The molecule has 7 atom stereocenters. The van der Waals surface area contributed by atoms with Crippen molar-refractivity contribution in [3.05, 3.63) is 0 Å². The first-order valence-corrected chi connectivity index (χ1v) is 9.12. The Morgan fingerprint density at radius 1 is 1.16 bits per heavy atom. The highest BCUT2D eigenvalue weighted by Gasteiger charge is 2.43. The van der Waals surface area contributed by atoms with Crippen LogP contribution in [-0.4, -0.2) is 83.1 Å². The fraction of sp³-hybridized carbons (Fsp3) is 0.941. The van der Waals surface area contributed by atoms with Crippen LogP contribution in [0.15, 0.2) is 0 Å². The molecule has 148 valence electrons. The molecule has 0 aromatic rings. The van der Waals surface area contributed by atoms with E-state index in [0.717, 1.165) is 25.7 Å². The third-order valence-electron chi connectivity index (χ3n) is 4.95. The fourth-order valence-corrected chi connectivity index (χ4v) is 2.96. The largest absolute Gasteiger partial charge is 0.394 e. The average Bonchev–Trinajstić information content (AvgIpc) is 2.63. The molecule has 1 aliphatic heterocycles. The van der Waals surface area contributed by atoms with Crippen LogP contribution in [0, 0.1) is 5.92 Å². The zero-order valence-electron chi connectivity index (χ0n) is 15.4. The van der Waals surface area contributed by atoms with E-state index in [1.807, 2.05) is 13.8 Å². The molecule has 0 aliphatic carbocycles. The van der Waals surface area contributed by atoms with Crippen molar-refractivity contribution in [3.63, 3.8) is 0 Å².